The van der Waals surface area contributed by atoms with Crippen molar-refractivity contribution in [1.29, 1.82) is 0 Å². The lowest BCUT2D eigenvalue weighted by Gasteiger charge is -1.93. The van der Waals surface area contributed by atoms with Crippen molar-refractivity contribution in [2.45, 2.75) is 35.1 Å². The predicted molar refractivity (Wildman–Crippen MR) is 124 cm³/mol. The molecule has 0 aromatic heterocycles. The first-order valence-corrected chi connectivity index (χ1v) is 9.27. The van der Waals surface area contributed by atoms with Gasteiger partial charge in [-0.1, -0.05) is 55.0 Å². The first-order valence-electron chi connectivity index (χ1n) is 9.27. The van der Waals surface area contributed by atoms with Crippen LogP contribution in [0.4, 0.5) is 0 Å². The first-order chi connectivity index (χ1) is 14.1. The molecule has 5 nitrogen and oxygen atoms in total. The summed E-state index contributed by atoms with van der Waals surface area (Å²) >= 11 is 0. The minimum atomic E-state index is -0.875. The SMILES string of the molecule is C.CC(=O)c1ccc(C)cc1.CC(=O)c1ccc(O)cc1.Cc1ccc(C(=O)O)cc1. The summed E-state index contributed by atoms with van der Waals surface area (Å²) in [6.45, 7) is 6.99. The van der Waals surface area contributed by atoms with Crippen molar-refractivity contribution >= 4 is 17.5 Å². The molecule has 3 rings (SSSR count). The second kappa shape index (κ2) is 13.5. The van der Waals surface area contributed by atoms with Crippen molar-refractivity contribution in [3.63, 3.8) is 0 Å². The van der Waals surface area contributed by atoms with Crippen LogP contribution < -0.4 is 0 Å². The second-order valence-electron chi connectivity index (χ2n) is 6.70. The van der Waals surface area contributed by atoms with Crippen molar-refractivity contribution in [2.75, 3.05) is 0 Å². The number of carboxylic acids is 1. The molecule has 0 fully saturated rings. The van der Waals surface area contributed by atoms with Crippen LogP contribution in [0.5, 0.6) is 5.75 Å². The molecule has 0 radical (unpaired) electrons. The molecule has 0 aliphatic rings. The highest BCUT2D eigenvalue weighted by Gasteiger charge is 1.98. The van der Waals surface area contributed by atoms with Gasteiger partial charge in [-0.15, -0.1) is 0 Å². The van der Waals surface area contributed by atoms with Gasteiger partial charge in [-0.2, -0.15) is 0 Å². The normalized spacial score (nSPS) is 9.03. The maximum atomic E-state index is 10.8. The van der Waals surface area contributed by atoms with E-state index in [1.807, 2.05) is 38.1 Å². The molecule has 0 unspecified atom stereocenters. The number of benzene rings is 3. The minimum absolute atomic E-state index is 0. The van der Waals surface area contributed by atoms with Crippen LogP contribution in [0.2, 0.25) is 0 Å². The Hall–Kier alpha value is -3.73. The van der Waals surface area contributed by atoms with E-state index in [1.54, 1.807) is 43.3 Å². The summed E-state index contributed by atoms with van der Waals surface area (Å²) in [6.07, 6.45) is 0. The molecule has 0 atom stereocenters. The molecule has 31 heavy (non-hydrogen) atoms. The fourth-order valence-electron chi connectivity index (χ4n) is 2.18. The Kier molecular flexibility index (Phi) is 11.9. The fourth-order valence-corrected chi connectivity index (χ4v) is 2.18. The molecule has 0 heterocycles. The lowest BCUT2D eigenvalue weighted by Crippen LogP contribution is -1.94. The third kappa shape index (κ3) is 10.6. The lowest BCUT2D eigenvalue weighted by atomic mass is 10.1. The third-order valence-electron chi connectivity index (χ3n) is 4.03. The summed E-state index contributed by atoms with van der Waals surface area (Å²) in [5.74, 6) is -0.551. The summed E-state index contributed by atoms with van der Waals surface area (Å²) in [4.78, 5) is 31.7. The van der Waals surface area contributed by atoms with Gasteiger partial charge in [0.25, 0.3) is 0 Å². The molecule has 164 valence electrons. The van der Waals surface area contributed by atoms with E-state index in [-0.39, 0.29) is 24.7 Å². The number of carbonyl (C=O) groups excluding carboxylic acids is 2. The van der Waals surface area contributed by atoms with Crippen LogP contribution in [0, 0.1) is 13.8 Å². The van der Waals surface area contributed by atoms with Gasteiger partial charge >= 0.3 is 5.97 Å². The Morgan fingerprint density at radius 3 is 1.16 bits per heavy atom. The average molecular weight is 423 g/mol. The van der Waals surface area contributed by atoms with Crippen LogP contribution in [-0.2, 0) is 0 Å². The molecule has 0 aliphatic heterocycles. The topological polar surface area (TPSA) is 91.7 Å². The monoisotopic (exact) mass is 422 g/mol. The van der Waals surface area contributed by atoms with E-state index in [0.29, 0.717) is 11.1 Å². The number of phenolic OH excluding ortho intramolecular Hbond substituents is 1. The molecular weight excluding hydrogens is 392 g/mol. The smallest absolute Gasteiger partial charge is 0.335 e. The zero-order chi connectivity index (χ0) is 22.7. The van der Waals surface area contributed by atoms with Gasteiger partial charge < -0.3 is 10.2 Å². The molecular formula is C26H30O5. The van der Waals surface area contributed by atoms with E-state index in [1.165, 1.54) is 24.6 Å². The second-order valence-corrected chi connectivity index (χ2v) is 6.70. The van der Waals surface area contributed by atoms with Gasteiger partial charge in [0, 0.05) is 11.1 Å². The van der Waals surface area contributed by atoms with Gasteiger partial charge in [0.2, 0.25) is 0 Å². The van der Waals surface area contributed by atoms with Crippen molar-refractivity contribution in [3.8, 4) is 5.75 Å². The number of Topliss-reactive ketones (excluding diaryl/α,β-unsaturated/α-hetero) is 2. The van der Waals surface area contributed by atoms with Gasteiger partial charge in [0.05, 0.1) is 5.56 Å². The van der Waals surface area contributed by atoms with E-state index in [2.05, 4.69) is 0 Å². The number of aryl methyl sites for hydroxylation is 2. The quantitative estimate of drug-likeness (QED) is 0.496. The summed E-state index contributed by atoms with van der Waals surface area (Å²) < 4.78 is 0. The zero-order valence-electron chi connectivity index (χ0n) is 17.5. The standard InChI is InChI=1S/C9H10O.2C8H8O2.CH4/c1-7-3-5-9(6-4-7)8(2)10;1-6(9)7-2-4-8(10)5-3-7;1-6-2-4-7(5-3-6)8(9)10;/h3-6H,1-2H3;2-5,10H,1H3;2-5H,1H3,(H,9,10);1H4. The third-order valence-corrected chi connectivity index (χ3v) is 4.03. The van der Waals surface area contributed by atoms with Gasteiger partial charge in [-0.3, -0.25) is 9.59 Å². The summed E-state index contributed by atoms with van der Waals surface area (Å²) in [5, 5.41) is 17.3. The molecule has 0 aliphatic carbocycles. The Balaban J connectivity index is 0.000000429. The number of hydrogen-bond donors (Lipinski definition) is 2. The Morgan fingerprint density at radius 2 is 0.871 bits per heavy atom. The van der Waals surface area contributed by atoms with Gasteiger partial charge in [-0.25, -0.2) is 4.79 Å². The number of carboxylic acid groups (broad SMARTS) is 1. The van der Waals surface area contributed by atoms with E-state index < -0.39 is 5.97 Å². The molecule has 2 N–H and O–H groups in total. The number of ketones is 2. The van der Waals surface area contributed by atoms with Crippen LogP contribution in [0.15, 0.2) is 72.8 Å². The van der Waals surface area contributed by atoms with Crippen molar-refractivity contribution in [2.24, 2.45) is 0 Å². The van der Waals surface area contributed by atoms with E-state index >= 15 is 0 Å². The number of aromatic hydroxyl groups is 1. The fraction of sp³-hybridized carbons (Fsp3) is 0.192. The Bertz CT molecular complexity index is 838. The van der Waals surface area contributed by atoms with Gasteiger partial charge in [0.15, 0.2) is 11.6 Å². The van der Waals surface area contributed by atoms with Crippen molar-refractivity contribution in [3.05, 3.63) is 101 Å². The number of hydrogen-bond acceptors (Lipinski definition) is 4. The maximum absolute atomic E-state index is 10.8. The zero-order valence-corrected chi connectivity index (χ0v) is 17.5. The van der Waals surface area contributed by atoms with Crippen molar-refractivity contribution < 1.29 is 24.6 Å². The maximum Gasteiger partial charge on any atom is 0.335 e. The number of aromatic carboxylic acids is 1. The molecule has 3 aromatic carbocycles. The Labute approximate surface area is 184 Å². The van der Waals surface area contributed by atoms with E-state index in [4.69, 9.17) is 10.2 Å². The highest BCUT2D eigenvalue weighted by atomic mass is 16.4. The van der Waals surface area contributed by atoms with E-state index in [9.17, 15) is 14.4 Å². The first kappa shape index (κ1) is 27.3. The highest BCUT2D eigenvalue weighted by Crippen LogP contribution is 2.09. The van der Waals surface area contributed by atoms with Crippen LogP contribution in [0.25, 0.3) is 0 Å². The lowest BCUT2D eigenvalue weighted by molar-refractivity contribution is 0.0696. The van der Waals surface area contributed by atoms with Crippen LogP contribution in [-0.4, -0.2) is 27.7 Å². The molecule has 0 saturated heterocycles. The average Bonchev–Trinajstić information content (AvgIpc) is 2.70. The summed E-state index contributed by atoms with van der Waals surface area (Å²) in [7, 11) is 0. The highest BCUT2D eigenvalue weighted by molar-refractivity contribution is 5.94. The number of carbonyl (C=O) groups is 3. The molecule has 0 amide bonds. The summed E-state index contributed by atoms with van der Waals surface area (Å²) in [5.41, 5.74) is 4.00. The molecule has 5 heteroatoms. The molecule has 0 bridgehead atoms. The van der Waals surface area contributed by atoms with Crippen molar-refractivity contribution in [1.82, 2.24) is 0 Å². The summed E-state index contributed by atoms with van der Waals surface area (Å²) in [6, 6.07) is 20.5. The largest absolute Gasteiger partial charge is 0.508 e. The minimum Gasteiger partial charge on any atom is -0.508 e. The predicted octanol–water partition coefficient (Wildman–Crippen LogP) is 6.12. The van der Waals surface area contributed by atoms with Crippen LogP contribution in [0.3, 0.4) is 0 Å². The number of rotatable bonds is 3. The van der Waals surface area contributed by atoms with Crippen LogP contribution >= 0.6 is 0 Å². The molecule has 3 aromatic rings. The van der Waals surface area contributed by atoms with E-state index in [0.717, 1.165) is 11.1 Å². The number of phenols is 1. The molecule has 0 spiro atoms. The van der Waals surface area contributed by atoms with Gasteiger partial charge in [0.1, 0.15) is 5.75 Å². The molecule has 0 saturated carbocycles. The van der Waals surface area contributed by atoms with Crippen LogP contribution in [0.1, 0.15) is 63.5 Å². The van der Waals surface area contributed by atoms with Gasteiger partial charge in [-0.05, 0) is 64.1 Å². The Morgan fingerprint density at radius 1 is 0.581 bits per heavy atom.